The van der Waals surface area contributed by atoms with Gasteiger partial charge in [0.2, 0.25) is 0 Å². The van der Waals surface area contributed by atoms with Crippen LogP contribution in [-0.2, 0) is 19.6 Å². The molecule has 0 bridgehead atoms. The Balaban J connectivity index is 1.45. The Morgan fingerprint density at radius 1 is 1.09 bits per heavy atom. The van der Waals surface area contributed by atoms with Gasteiger partial charge in [-0.3, -0.25) is 19.1 Å². The number of alkyl halides is 3. The molecule has 10 heteroatoms. The summed E-state index contributed by atoms with van der Waals surface area (Å²) in [4.78, 5) is 12.7. The van der Waals surface area contributed by atoms with Gasteiger partial charge in [0.05, 0.1) is 11.1 Å². The fraction of sp³-hybridized carbons (Fsp3) is 0.208. The Hall–Kier alpha value is -4.08. The molecule has 5 rings (SSSR count). The summed E-state index contributed by atoms with van der Waals surface area (Å²) in [5.74, 6) is -0.189. The second-order valence-corrected chi connectivity index (χ2v) is 8.09. The van der Waals surface area contributed by atoms with Crippen LogP contribution >= 0.6 is 0 Å². The van der Waals surface area contributed by atoms with Crippen molar-refractivity contribution in [1.29, 1.82) is 0 Å². The van der Waals surface area contributed by atoms with E-state index in [1.807, 2.05) is 12.3 Å². The lowest BCUT2D eigenvalue weighted by atomic mass is 10.1. The minimum Gasteiger partial charge on any atom is -0.352 e. The van der Waals surface area contributed by atoms with Crippen LogP contribution in [0.5, 0.6) is 0 Å². The van der Waals surface area contributed by atoms with E-state index in [1.54, 1.807) is 40.7 Å². The number of rotatable bonds is 6. The van der Waals surface area contributed by atoms with Crippen molar-refractivity contribution in [2.45, 2.75) is 19.0 Å². The second kappa shape index (κ2) is 8.36. The first-order chi connectivity index (χ1) is 16.3. The number of H-pyrrole nitrogens is 1. The number of amides is 1. The number of aromatic nitrogens is 5. The molecule has 0 saturated heterocycles. The van der Waals surface area contributed by atoms with E-state index in [1.165, 1.54) is 12.1 Å². The molecule has 0 aliphatic rings. The van der Waals surface area contributed by atoms with Gasteiger partial charge in [-0.1, -0.05) is 0 Å². The molecule has 34 heavy (non-hydrogen) atoms. The predicted molar refractivity (Wildman–Crippen MR) is 122 cm³/mol. The first-order valence-electron chi connectivity index (χ1n) is 10.7. The lowest BCUT2D eigenvalue weighted by Gasteiger charge is -2.10. The van der Waals surface area contributed by atoms with Crippen molar-refractivity contribution < 1.29 is 18.0 Å². The molecule has 0 fully saturated rings. The lowest BCUT2D eigenvalue weighted by Crippen LogP contribution is -2.24. The molecule has 0 aliphatic heterocycles. The summed E-state index contributed by atoms with van der Waals surface area (Å²) in [6.45, 7) is 0.519. The van der Waals surface area contributed by atoms with Gasteiger partial charge in [-0.15, -0.1) is 0 Å². The molecule has 0 unspecified atom stereocenters. The van der Waals surface area contributed by atoms with Crippen molar-refractivity contribution in [2.75, 3.05) is 6.54 Å². The van der Waals surface area contributed by atoms with Crippen LogP contribution in [0.3, 0.4) is 0 Å². The van der Waals surface area contributed by atoms with Gasteiger partial charge in [-0.05, 0) is 61.4 Å². The van der Waals surface area contributed by atoms with Crippen LogP contribution < -0.4 is 5.32 Å². The Kier molecular flexibility index (Phi) is 5.35. The van der Waals surface area contributed by atoms with Crippen LogP contribution in [0.4, 0.5) is 13.2 Å². The molecule has 0 atom stereocenters. The van der Waals surface area contributed by atoms with Gasteiger partial charge < -0.3 is 5.32 Å². The molecule has 2 N–H and O–H groups in total. The molecule has 7 nitrogen and oxygen atoms in total. The van der Waals surface area contributed by atoms with Crippen LogP contribution in [0.1, 0.15) is 28.0 Å². The number of carbonyl (C=O) groups excluding carboxylic acids is 1. The number of nitrogens with one attached hydrogen (secondary N) is 2. The van der Waals surface area contributed by atoms with Crippen LogP contribution in [0.2, 0.25) is 0 Å². The average molecular weight is 466 g/mol. The molecule has 0 spiro atoms. The van der Waals surface area contributed by atoms with Crippen molar-refractivity contribution >= 4 is 27.8 Å². The standard InChI is InChI=1S/C24H21F3N6O/c1-32-14-20-19-13-15(23(34)28-11-2-3-17-10-12-29-30-17)4-9-21(19)33(22(20)31-32)18-7-5-16(6-8-18)24(25,26)27/h4-10,12-14H,2-3,11H2,1H3,(H,28,34)(H,29,30). The normalized spacial score (nSPS) is 12.0. The molecule has 3 heterocycles. The van der Waals surface area contributed by atoms with E-state index in [2.05, 4.69) is 20.6 Å². The third-order valence-corrected chi connectivity index (χ3v) is 5.73. The maximum absolute atomic E-state index is 13.0. The number of halogens is 3. The van der Waals surface area contributed by atoms with Crippen molar-refractivity contribution in [3.05, 3.63) is 77.7 Å². The topological polar surface area (TPSA) is 80.5 Å². The van der Waals surface area contributed by atoms with Gasteiger partial charge in [0, 0.05) is 53.7 Å². The maximum Gasteiger partial charge on any atom is 0.416 e. The zero-order valence-electron chi connectivity index (χ0n) is 18.2. The van der Waals surface area contributed by atoms with Gasteiger partial charge in [0.25, 0.3) is 5.91 Å². The summed E-state index contributed by atoms with van der Waals surface area (Å²) in [5, 5.41) is 15.8. The number of hydrogen-bond donors (Lipinski definition) is 2. The molecule has 5 aromatic rings. The van der Waals surface area contributed by atoms with Gasteiger partial charge in [0.15, 0.2) is 5.65 Å². The smallest absolute Gasteiger partial charge is 0.352 e. The molecule has 2 aromatic carbocycles. The maximum atomic E-state index is 13.0. The van der Waals surface area contributed by atoms with Crippen molar-refractivity contribution in [3.8, 4) is 5.69 Å². The fourth-order valence-corrected chi connectivity index (χ4v) is 4.10. The number of hydrogen-bond acceptors (Lipinski definition) is 3. The highest BCUT2D eigenvalue weighted by atomic mass is 19.4. The van der Waals surface area contributed by atoms with Crippen LogP contribution in [0, 0.1) is 0 Å². The third kappa shape index (κ3) is 4.02. The summed E-state index contributed by atoms with van der Waals surface area (Å²) in [7, 11) is 1.78. The molecular weight excluding hydrogens is 445 g/mol. The van der Waals surface area contributed by atoms with E-state index in [4.69, 9.17) is 0 Å². The summed E-state index contributed by atoms with van der Waals surface area (Å²) in [6, 6.07) is 12.2. The SMILES string of the molecule is Cn1cc2c3cc(C(=O)NCCCc4ccn[nH]4)ccc3n(-c3ccc(C(F)(F)F)cc3)c2n1. The van der Waals surface area contributed by atoms with Gasteiger partial charge >= 0.3 is 6.18 Å². The lowest BCUT2D eigenvalue weighted by molar-refractivity contribution is -0.137. The van der Waals surface area contributed by atoms with Gasteiger partial charge in [-0.25, -0.2) is 0 Å². The summed E-state index contributed by atoms with van der Waals surface area (Å²) in [6.07, 6.45) is 0.681. The Morgan fingerprint density at radius 2 is 1.88 bits per heavy atom. The van der Waals surface area contributed by atoms with Crippen LogP contribution in [0.15, 0.2) is 60.9 Å². The summed E-state index contributed by atoms with van der Waals surface area (Å²) < 4.78 is 42.5. The molecule has 1 amide bonds. The van der Waals surface area contributed by atoms with E-state index < -0.39 is 11.7 Å². The summed E-state index contributed by atoms with van der Waals surface area (Å²) >= 11 is 0. The molecule has 0 radical (unpaired) electrons. The van der Waals surface area contributed by atoms with E-state index in [0.29, 0.717) is 23.4 Å². The Labute approximate surface area is 192 Å². The fourth-order valence-electron chi connectivity index (χ4n) is 4.10. The first kappa shape index (κ1) is 21.7. The largest absolute Gasteiger partial charge is 0.416 e. The zero-order chi connectivity index (χ0) is 23.9. The molecule has 174 valence electrons. The molecule has 3 aromatic heterocycles. The average Bonchev–Trinajstić information content (AvgIpc) is 3.52. The van der Waals surface area contributed by atoms with Crippen molar-refractivity contribution in [2.24, 2.45) is 7.05 Å². The zero-order valence-corrected chi connectivity index (χ0v) is 18.2. The quantitative estimate of drug-likeness (QED) is 0.359. The Morgan fingerprint density at radius 3 is 2.59 bits per heavy atom. The minimum atomic E-state index is -4.40. The number of carbonyl (C=O) groups is 1. The van der Waals surface area contributed by atoms with E-state index >= 15 is 0 Å². The monoisotopic (exact) mass is 466 g/mol. The van der Waals surface area contributed by atoms with Crippen LogP contribution in [0.25, 0.3) is 27.6 Å². The van der Waals surface area contributed by atoms with E-state index in [0.717, 1.165) is 47.0 Å². The van der Waals surface area contributed by atoms with E-state index in [-0.39, 0.29) is 5.91 Å². The number of benzene rings is 2. The number of nitrogens with zero attached hydrogens (tertiary/aromatic N) is 4. The van der Waals surface area contributed by atoms with E-state index in [9.17, 15) is 18.0 Å². The molecule has 0 aliphatic carbocycles. The number of fused-ring (bicyclic) bond motifs is 3. The van der Waals surface area contributed by atoms with Crippen molar-refractivity contribution in [1.82, 2.24) is 29.9 Å². The second-order valence-electron chi connectivity index (χ2n) is 8.09. The highest BCUT2D eigenvalue weighted by Crippen LogP contribution is 2.34. The van der Waals surface area contributed by atoms with Gasteiger partial charge in [-0.2, -0.15) is 23.4 Å². The summed E-state index contributed by atoms with van der Waals surface area (Å²) in [5.41, 5.74) is 2.73. The Bertz CT molecular complexity index is 1460. The minimum absolute atomic E-state index is 0.189. The van der Waals surface area contributed by atoms with Crippen molar-refractivity contribution in [3.63, 3.8) is 0 Å². The molecular formula is C24H21F3N6O. The highest BCUT2D eigenvalue weighted by molar-refractivity contribution is 6.10. The highest BCUT2D eigenvalue weighted by Gasteiger charge is 2.30. The predicted octanol–water partition coefficient (Wildman–Crippen LogP) is 4.62. The number of aryl methyl sites for hydroxylation is 2. The third-order valence-electron chi connectivity index (χ3n) is 5.73. The number of aromatic amines is 1. The van der Waals surface area contributed by atoms with Gasteiger partial charge in [0.1, 0.15) is 0 Å². The molecule has 0 saturated carbocycles. The first-order valence-corrected chi connectivity index (χ1v) is 10.7. The van der Waals surface area contributed by atoms with Crippen LogP contribution in [-0.4, -0.2) is 37.0 Å².